The zero-order valence-corrected chi connectivity index (χ0v) is 6.94. The van der Waals surface area contributed by atoms with Gasteiger partial charge in [-0.3, -0.25) is 4.79 Å². The minimum atomic E-state index is 0.583. The van der Waals surface area contributed by atoms with Crippen LogP contribution in [0, 0.1) is 47.3 Å². The molecule has 0 aromatic rings. The van der Waals surface area contributed by atoms with Crippen LogP contribution in [0.1, 0.15) is 12.8 Å². The van der Waals surface area contributed by atoms with Gasteiger partial charge in [-0.2, -0.15) is 0 Å². The average Bonchev–Trinajstić information content (AvgIpc) is 2.47. The maximum absolute atomic E-state index is 11.9. The highest BCUT2D eigenvalue weighted by molar-refractivity contribution is 5.91. The fourth-order valence-electron chi connectivity index (χ4n) is 6.10. The smallest absolute Gasteiger partial charge is 0.140 e. The van der Waals surface area contributed by atoms with Crippen LogP contribution in [0.2, 0.25) is 0 Å². The molecule has 0 saturated heterocycles. The lowest BCUT2D eigenvalue weighted by Gasteiger charge is -2.43. The molecule has 5 aliphatic carbocycles. The van der Waals surface area contributed by atoms with E-state index in [0.29, 0.717) is 17.6 Å². The van der Waals surface area contributed by atoms with Crippen LogP contribution < -0.4 is 0 Å². The van der Waals surface area contributed by atoms with Crippen LogP contribution >= 0.6 is 0 Å². The summed E-state index contributed by atoms with van der Waals surface area (Å²) >= 11 is 0. The van der Waals surface area contributed by atoms with Gasteiger partial charge in [0.1, 0.15) is 5.78 Å². The third-order valence-corrected chi connectivity index (χ3v) is 6.02. The second kappa shape index (κ2) is 1.21. The molecule has 2 bridgehead atoms. The third kappa shape index (κ3) is 0.272. The Kier molecular flexibility index (Phi) is 0.547. The van der Waals surface area contributed by atoms with Crippen molar-refractivity contribution in [2.75, 3.05) is 0 Å². The molecule has 5 aliphatic rings. The van der Waals surface area contributed by atoms with E-state index in [4.69, 9.17) is 0 Å². The summed E-state index contributed by atoms with van der Waals surface area (Å²) < 4.78 is 0. The Morgan fingerprint density at radius 2 is 1.58 bits per heavy atom. The van der Waals surface area contributed by atoms with E-state index in [1.807, 2.05) is 0 Å². The maximum atomic E-state index is 11.9. The molecule has 5 fully saturated rings. The zero-order chi connectivity index (χ0) is 7.61. The van der Waals surface area contributed by atoms with Gasteiger partial charge in [0.25, 0.3) is 0 Å². The molecule has 0 amide bonds. The SMILES string of the molecule is O=C1C2[C@H]3[C@@H]4[C@@H]5C[C@H]3C1[C@@H]5C[C@H]24. The highest BCUT2D eigenvalue weighted by atomic mass is 16.1. The molecule has 8 atom stereocenters. The minimum absolute atomic E-state index is 0.583. The molecule has 2 unspecified atom stereocenters. The van der Waals surface area contributed by atoms with Gasteiger partial charge in [0.05, 0.1) is 0 Å². The first kappa shape index (κ1) is 5.41. The Hall–Kier alpha value is -0.330. The Morgan fingerprint density at radius 3 is 2.50 bits per heavy atom. The molecule has 1 heteroatoms. The van der Waals surface area contributed by atoms with Crippen LogP contribution in [0.15, 0.2) is 0 Å². The Morgan fingerprint density at radius 1 is 0.833 bits per heavy atom. The first-order chi connectivity index (χ1) is 5.88. The quantitative estimate of drug-likeness (QED) is 0.522. The van der Waals surface area contributed by atoms with Crippen molar-refractivity contribution in [3.63, 3.8) is 0 Å². The molecule has 0 heterocycles. The molecule has 5 rings (SSSR count). The van der Waals surface area contributed by atoms with Crippen molar-refractivity contribution in [3.05, 3.63) is 0 Å². The summed E-state index contributed by atoms with van der Waals surface area (Å²) in [7, 11) is 0. The van der Waals surface area contributed by atoms with Gasteiger partial charge in [-0.25, -0.2) is 0 Å². The maximum Gasteiger partial charge on any atom is 0.140 e. The number of carbonyl (C=O) groups excluding carboxylic acids is 1. The minimum Gasteiger partial charge on any atom is -0.299 e. The summed E-state index contributed by atoms with van der Waals surface area (Å²) in [5.74, 6) is 7.54. The first-order valence-electron chi connectivity index (χ1n) is 5.41. The van der Waals surface area contributed by atoms with Crippen molar-refractivity contribution in [1.82, 2.24) is 0 Å². The van der Waals surface area contributed by atoms with E-state index in [-0.39, 0.29) is 0 Å². The molecule has 12 heavy (non-hydrogen) atoms. The van der Waals surface area contributed by atoms with Crippen LogP contribution in [0.3, 0.4) is 0 Å². The second-order valence-electron chi connectivity index (χ2n) is 5.74. The number of rotatable bonds is 0. The molecular weight excluding hydrogens is 148 g/mol. The first-order valence-corrected chi connectivity index (χ1v) is 5.41. The summed E-state index contributed by atoms with van der Waals surface area (Å²) in [4.78, 5) is 11.9. The number of fused-ring (bicyclic) bond motifs is 2. The van der Waals surface area contributed by atoms with E-state index in [0.717, 1.165) is 35.5 Å². The van der Waals surface area contributed by atoms with Crippen molar-refractivity contribution in [2.45, 2.75) is 12.8 Å². The average molecular weight is 160 g/mol. The van der Waals surface area contributed by atoms with Crippen LogP contribution in [-0.4, -0.2) is 5.78 Å². The van der Waals surface area contributed by atoms with Gasteiger partial charge in [-0.1, -0.05) is 0 Å². The van der Waals surface area contributed by atoms with E-state index in [9.17, 15) is 4.79 Å². The molecule has 0 radical (unpaired) electrons. The summed E-state index contributed by atoms with van der Waals surface area (Å²) in [6, 6.07) is 0. The largest absolute Gasteiger partial charge is 0.299 e. The second-order valence-corrected chi connectivity index (χ2v) is 5.74. The summed E-state index contributed by atoms with van der Waals surface area (Å²) in [5.41, 5.74) is 0. The lowest BCUT2D eigenvalue weighted by molar-refractivity contribution is -0.132. The lowest BCUT2D eigenvalue weighted by atomic mass is 9.60. The fourth-order valence-corrected chi connectivity index (χ4v) is 6.10. The fraction of sp³-hybridized carbons (Fsp3) is 0.909. The van der Waals surface area contributed by atoms with Gasteiger partial charge in [-0.05, 0) is 48.3 Å². The number of ketones is 1. The van der Waals surface area contributed by atoms with Crippen molar-refractivity contribution in [3.8, 4) is 0 Å². The van der Waals surface area contributed by atoms with Crippen molar-refractivity contribution < 1.29 is 4.79 Å². The summed E-state index contributed by atoms with van der Waals surface area (Å²) in [6.45, 7) is 0. The number of Topliss-reactive ketones (excluding diaryl/α,β-unsaturated/α-hetero) is 1. The van der Waals surface area contributed by atoms with Gasteiger partial charge in [-0.15, -0.1) is 0 Å². The highest BCUT2D eigenvalue weighted by Gasteiger charge is 2.80. The number of hydrogen-bond donors (Lipinski definition) is 0. The van der Waals surface area contributed by atoms with Crippen LogP contribution in [0.4, 0.5) is 0 Å². The van der Waals surface area contributed by atoms with Crippen LogP contribution in [0.25, 0.3) is 0 Å². The zero-order valence-electron chi connectivity index (χ0n) is 6.94. The van der Waals surface area contributed by atoms with Gasteiger partial charge >= 0.3 is 0 Å². The van der Waals surface area contributed by atoms with Gasteiger partial charge in [0.2, 0.25) is 0 Å². The van der Waals surface area contributed by atoms with Crippen molar-refractivity contribution >= 4 is 5.78 Å². The molecule has 0 aromatic heterocycles. The Balaban J connectivity index is 1.91. The number of hydrogen-bond acceptors (Lipinski definition) is 1. The summed E-state index contributed by atoms with van der Waals surface area (Å²) in [6.07, 6.45) is 2.90. The Bertz CT molecular complexity index is 315. The molecule has 0 aliphatic heterocycles. The highest BCUT2D eigenvalue weighted by Crippen LogP contribution is 2.81. The number of carbonyl (C=O) groups is 1. The molecule has 62 valence electrons. The van der Waals surface area contributed by atoms with E-state index >= 15 is 0 Å². The van der Waals surface area contributed by atoms with E-state index in [2.05, 4.69) is 0 Å². The van der Waals surface area contributed by atoms with E-state index in [1.54, 1.807) is 0 Å². The molecule has 0 N–H and O–H groups in total. The standard InChI is InChI=1S/C11H12O/c12-11-8-4-2-5-7-3(4)1-6(8)9(7)10(5)11/h3-10H,1-2H2/t3-,4-,5+,6+,7-,8?,9-,10?/m1/s1. The predicted molar refractivity (Wildman–Crippen MR) is 42.2 cm³/mol. The van der Waals surface area contributed by atoms with Gasteiger partial charge in [0, 0.05) is 11.8 Å². The van der Waals surface area contributed by atoms with E-state index in [1.165, 1.54) is 12.8 Å². The van der Waals surface area contributed by atoms with Gasteiger partial charge < -0.3 is 0 Å². The molecular formula is C11H12O. The monoisotopic (exact) mass is 160 g/mol. The van der Waals surface area contributed by atoms with Crippen molar-refractivity contribution in [2.24, 2.45) is 47.3 Å². The molecule has 0 aromatic carbocycles. The predicted octanol–water partition coefficient (Wildman–Crippen LogP) is 1.33. The lowest BCUT2D eigenvalue weighted by Crippen LogP contribution is -2.44. The molecule has 5 saturated carbocycles. The third-order valence-electron chi connectivity index (χ3n) is 6.02. The van der Waals surface area contributed by atoms with Gasteiger partial charge in [0.15, 0.2) is 0 Å². The van der Waals surface area contributed by atoms with Crippen molar-refractivity contribution in [1.29, 1.82) is 0 Å². The topological polar surface area (TPSA) is 17.1 Å². The normalized spacial score (nSPS) is 79.2. The molecule has 1 nitrogen and oxygen atoms in total. The van der Waals surface area contributed by atoms with E-state index < -0.39 is 0 Å². The summed E-state index contributed by atoms with van der Waals surface area (Å²) in [5, 5.41) is 0. The Labute approximate surface area is 71.5 Å². The van der Waals surface area contributed by atoms with Crippen LogP contribution in [-0.2, 0) is 4.79 Å². The molecule has 0 spiro atoms. The van der Waals surface area contributed by atoms with Crippen LogP contribution in [0.5, 0.6) is 0 Å².